The number of rotatable bonds is 6. The zero-order valence-electron chi connectivity index (χ0n) is 27.4. The van der Waals surface area contributed by atoms with Crippen LogP contribution < -0.4 is 5.32 Å². The van der Waals surface area contributed by atoms with Crippen molar-refractivity contribution in [1.82, 2.24) is 15.3 Å². The topological polar surface area (TPSA) is 37.8 Å². The number of dihydropyridines is 1. The second-order valence-corrected chi connectivity index (χ2v) is 12.7. The normalized spacial score (nSPS) is 12.5. The third-order valence-electron chi connectivity index (χ3n) is 9.46. The van der Waals surface area contributed by atoms with Crippen molar-refractivity contribution >= 4 is 27.1 Å². The quantitative estimate of drug-likeness (QED) is 0.184. The maximum absolute atomic E-state index is 5.25. The van der Waals surface area contributed by atoms with E-state index in [0.29, 0.717) is 5.82 Å². The molecule has 0 fully saturated rings. The Morgan fingerprint density at radius 1 is 0.420 bits per heavy atom. The van der Waals surface area contributed by atoms with E-state index in [2.05, 4.69) is 163 Å². The molecule has 9 rings (SSSR count). The van der Waals surface area contributed by atoms with Gasteiger partial charge in [0.1, 0.15) is 0 Å². The molecule has 1 aliphatic rings. The summed E-state index contributed by atoms with van der Waals surface area (Å²) in [4.78, 5) is 10.4. The van der Waals surface area contributed by atoms with Gasteiger partial charge in [-0.25, -0.2) is 9.97 Å². The number of aromatic nitrogens is 2. The number of nitrogens with one attached hydrogen (secondary N) is 1. The molecule has 1 N–H and O–H groups in total. The third-order valence-corrected chi connectivity index (χ3v) is 9.46. The number of fused-ring (bicyclic) bond motifs is 2. The van der Waals surface area contributed by atoms with Gasteiger partial charge in [0, 0.05) is 29.4 Å². The van der Waals surface area contributed by atoms with Crippen molar-refractivity contribution in [2.75, 3.05) is 6.54 Å². The summed E-state index contributed by atoms with van der Waals surface area (Å²) in [6.45, 7) is 0.822. The van der Waals surface area contributed by atoms with Crippen LogP contribution in [-0.4, -0.2) is 16.5 Å². The van der Waals surface area contributed by atoms with Crippen molar-refractivity contribution < 1.29 is 0 Å². The van der Waals surface area contributed by atoms with Gasteiger partial charge < -0.3 is 5.32 Å². The van der Waals surface area contributed by atoms with Crippen LogP contribution in [0, 0.1) is 0 Å². The zero-order valence-corrected chi connectivity index (χ0v) is 27.4. The van der Waals surface area contributed by atoms with Crippen LogP contribution in [0.15, 0.2) is 182 Å². The Bertz CT molecular complexity index is 2510. The molecule has 0 saturated carbocycles. The van der Waals surface area contributed by atoms with E-state index in [-0.39, 0.29) is 0 Å². The summed E-state index contributed by atoms with van der Waals surface area (Å²) < 4.78 is 0. The molecule has 7 aromatic carbocycles. The minimum atomic E-state index is 0.700. The summed E-state index contributed by atoms with van der Waals surface area (Å²) in [5.74, 6) is 0.700. The summed E-state index contributed by atoms with van der Waals surface area (Å²) in [6.07, 6.45) is 6.49. The average Bonchev–Trinajstić information content (AvgIpc) is 3.20. The summed E-state index contributed by atoms with van der Waals surface area (Å²) in [6, 6.07) is 58.1. The molecule has 8 aromatic rings. The zero-order chi connectivity index (χ0) is 33.3. The molecule has 3 heteroatoms. The van der Waals surface area contributed by atoms with Gasteiger partial charge in [0.05, 0.1) is 11.4 Å². The first kappa shape index (κ1) is 29.6. The van der Waals surface area contributed by atoms with E-state index >= 15 is 0 Å². The van der Waals surface area contributed by atoms with Gasteiger partial charge in [-0.2, -0.15) is 0 Å². The Kier molecular flexibility index (Phi) is 7.56. The highest BCUT2D eigenvalue weighted by Gasteiger charge is 2.17. The lowest BCUT2D eigenvalue weighted by Crippen LogP contribution is -2.08. The molecule has 1 aliphatic heterocycles. The summed E-state index contributed by atoms with van der Waals surface area (Å²) in [5.41, 5.74) is 11.8. The molecular weight excluding hydrogens is 607 g/mol. The van der Waals surface area contributed by atoms with Gasteiger partial charge >= 0.3 is 0 Å². The van der Waals surface area contributed by atoms with E-state index in [1.807, 2.05) is 24.3 Å². The standard InChI is InChI=1S/C47H33N3/c1-3-12-32(13-4-1)33-21-23-34(24-22-33)44-30-45(50-47(49-44)35-14-5-2-6-15-35)40-27-39(38-18-11-25-48-31-38)28-41(29-40)46-42-19-9-7-16-36(42)26-37-17-8-10-20-43(37)46/h1-24,26-31,48H,25H2. The van der Waals surface area contributed by atoms with Gasteiger partial charge in [-0.3, -0.25) is 0 Å². The fourth-order valence-corrected chi connectivity index (χ4v) is 6.99. The Hall–Kier alpha value is -6.58. The Morgan fingerprint density at radius 3 is 1.62 bits per heavy atom. The summed E-state index contributed by atoms with van der Waals surface area (Å²) >= 11 is 0. The number of hydrogen-bond donors (Lipinski definition) is 1. The molecule has 3 nitrogen and oxygen atoms in total. The lowest BCUT2D eigenvalue weighted by atomic mass is 9.88. The van der Waals surface area contributed by atoms with Gasteiger partial charge in [0.25, 0.3) is 0 Å². The van der Waals surface area contributed by atoms with Crippen molar-refractivity contribution in [2.24, 2.45) is 0 Å². The monoisotopic (exact) mass is 639 g/mol. The number of benzene rings is 7. The fourth-order valence-electron chi connectivity index (χ4n) is 6.99. The molecule has 236 valence electrons. The predicted molar refractivity (Wildman–Crippen MR) is 209 cm³/mol. The van der Waals surface area contributed by atoms with Gasteiger partial charge in [0.15, 0.2) is 5.82 Å². The molecule has 2 heterocycles. The third kappa shape index (κ3) is 5.65. The number of nitrogens with zero attached hydrogens (tertiary/aromatic N) is 2. The number of allylic oxidation sites excluding steroid dienone is 2. The van der Waals surface area contributed by atoms with E-state index in [4.69, 9.17) is 9.97 Å². The fraction of sp³-hybridized carbons (Fsp3) is 0.0213. The van der Waals surface area contributed by atoms with Crippen LogP contribution in [0.3, 0.4) is 0 Å². The number of hydrogen-bond acceptors (Lipinski definition) is 3. The summed E-state index contributed by atoms with van der Waals surface area (Å²) in [7, 11) is 0. The van der Waals surface area contributed by atoms with E-state index in [1.165, 1.54) is 38.2 Å². The van der Waals surface area contributed by atoms with Crippen molar-refractivity contribution in [2.45, 2.75) is 0 Å². The van der Waals surface area contributed by atoms with Crippen molar-refractivity contribution in [1.29, 1.82) is 0 Å². The lowest BCUT2D eigenvalue weighted by molar-refractivity contribution is 0.976. The van der Waals surface area contributed by atoms with E-state index in [0.717, 1.165) is 51.3 Å². The second-order valence-electron chi connectivity index (χ2n) is 12.7. The van der Waals surface area contributed by atoms with Crippen molar-refractivity contribution in [3.63, 3.8) is 0 Å². The van der Waals surface area contributed by atoms with E-state index < -0.39 is 0 Å². The molecule has 0 saturated heterocycles. The molecule has 1 aromatic heterocycles. The molecule has 0 amide bonds. The van der Waals surface area contributed by atoms with Crippen LogP contribution in [0.1, 0.15) is 5.56 Å². The maximum Gasteiger partial charge on any atom is 0.160 e. The first-order chi connectivity index (χ1) is 24.8. The second kappa shape index (κ2) is 12.8. The van der Waals surface area contributed by atoms with Gasteiger partial charge in [0.2, 0.25) is 0 Å². The first-order valence-electron chi connectivity index (χ1n) is 17.0. The SMILES string of the molecule is C1=CC(c2cc(-c3cc(-c4ccc(-c5ccccc5)cc4)nc(-c4ccccc4)n3)cc(-c3c4ccccc4cc4ccccc34)c2)=CNC1. The smallest absolute Gasteiger partial charge is 0.160 e. The van der Waals surface area contributed by atoms with Gasteiger partial charge in [-0.05, 0) is 85.3 Å². The Labute approximate surface area is 292 Å². The van der Waals surface area contributed by atoms with Gasteiger partial charge in [-0.1, -0.05) is 146 Å². The molecule has 50 heavy (non-hydrogen) atoms. The van der Waals surface area contributed by atoms with Crippen LogP contribution in [0.25, 0.3) is 83.3 Å². The molecule has 0 aliphatic carbocycles. The van der Waals surface area contributed by atoms with Crippen molar-refractivity contribution in [3.05, 3.63) is 188 Å². The highest BCUT2D eigenvalue weighted by Crippen LogP contribution is 2.40. The van der Waals surface area contributed by atoms with E-state index in [9.17, 15) is 0 Å². The predicted octanol–water partition coefficient (Wildman–Crippen LogP) is 11.6. The Morgan fingerprint density at radius 2 is 0.960 bits per heavy atom. The highest BCUT2D eigenvalue weighted by molar-refractivity contribution is 6.13. The van der Waals surface area contributed by atoms with Crippen LogP contribution >= 0.6 is 0 Å². The molecule has 0 unspecified atom stereocenters. The van der Waals surface area contributed by atoms with Crippen LogP contribution in [0.4, 0.5) is 0 Å². The van der Waals surface area contributed by atoms with E-state index in [1.54, 1.807) is 0 Å². The molecule has 0 radical (unpaired) electrons. The largest absolute Gasteiger partial charge is 0.387 e. The molecule has 0 bridgehead atoms. The lowest BCUT2D eigenvalue weighted by Gasteiger charge is -2.17. The highest BCUT2D eigenvalue weighted by atomic mass is 14.9. The Balaban J connectivity index is 1.27. The molecule has 0 spiro atoms. The van der Waals surface area contributed by atoms with Crippen molar-refractivity contribution in [3.8, 4) is 56.2 Å². The molecular formula is C47H33N3. The first-order valence-corrected chi connectivity index (χ1v) is 17.0. The van der Waals surface area contributed by atoms with Crippen LogP contribution in [0.2, 0.25) is 0 Å². The van der Waals surface area contributed by atoms with Gasteiger partial charge in [-0.15, -0.1) is 0 Å². The maximum atomic E-state index is 5.25. The average molecular weight is 640 g/mol. The van der Waals surface area contributed by atoms with Crippen LogP contribution in [-0.2, 0) is 0 Å². The molecule has 0 atom stereocenters. The minimum Gasteiger partial charge on any atom is -0.387 e. The van der Waals surface area contributed by atoms with Crippen LogP contribution in [0.5, 0.6) is 0 Å². The minimum absolute atomic E-state index is 0.700. The summed E-state index contributed by atoms with van der Waals surface area (Å²) in [5, 5.41) is 8.32.